The van der Waals surface area contributed by atoms with Crippen molar-refractivity contribution >= 4 is 34.8 Å². The second-order valence-corrected chi connectivity index (χ2v) is 5.49. The summed E-state index contributed by atoms with van der Waals surface area (Å²) in [4.78, 5) is 31.3. The van der Waals surface area contributed by atoms with Crippen LogP contribution in [0.2, 0.25) is 0 Å². The minimum absolute atomic E-state index is 0.0196. The van der Waals surface area contributed by atoms with Crippen LogP contribution in [0.1, 0.15) is 6.42 Å². The van der Waals surface area contributed by atoms with Gasteiger partial charge in [0, 0.05) is 19.2 Å². The summed E-state index contributed by atoms with van der Waals surface area (Å²) in [5.74, 6) is -0.414. The summed E-state index contributed by atoms with van der Waals surface area (Å²) in [5, 5.41) is 12.6. The van der Waals surface area contributed by atoms with E-state index in [1.165, 1.54) is 16.8 Å². The first-order chi connectivity index (χ1) is 11.6. The van der Waals surface area contributed by atoms with E-state index in [1.807, 2.05) is 6.07 Å². The van der Waals surface area contributed by atoms with Gasteiger partial charge >= 0.3 is 0 Å². The van der Waals surface area contributed by atoms with Gasteiger partial charge in [0.15, 0.2) is 16.3 Å². The molecule has 24 heavy (non-hydrogen) atoms. The number of hydrogen-bond donors (Lipinski definition) is 3. The molecule has 2 heterocycles. The number of nitrogens with one attached hydrogen (secondary N) is 2. The molecule has 0 radical (unpaired) electrons. The quantitative estimate of drug-likeness (QED) is 0.631. The molecule has 0 unspecified atom stereocenters. The average molecular weight is 342 g/mol. The van der Waals surface area contributed by atoms with Crippen molar-refractivity contribution in [2.45, 2.75) is 13.0 Å². The first kappa shape index (κ1) is 15.9. The number of amides is 1. The molecule has 0 aliphatic rings. The van der Waals surface area contributed by atoms with Gasteiger partial charge in [0.1, 0.15) is 0 Å². The number of benzene rings is 1. The lowest BCUT2D eigenvalue weighted by atomic mass is 10.2. The zero-order valence-corrected chi connectivity index (χ0v) is 13.3. The largest absolute Gasteiger partial charge is 0.504 e. The van der Waals surface area contributed by atoms with Crippen molar-refractivity contribution in [2.75, 3.05) is 5.32 Å². The van der Waals surface area contributed by atoms with Gasteiger partial charge in [-0.05, 0) is 36.5 Å². The predicted molar refractivity (Wildman–Crippen MR) is 92.5 cm³/mol. The van der Waals surface area contributed by atoms with E-state index in [-0.39, 0.29) is 40.8 Å². The van der Waals surface area contributed by atoms with Crippen molar-refractivity contribution in [2.24, 2.45) is 0 Å². The minimum Gasteiger partial charge on any atom is -0.504 e. The summed E-state index contributed by atoms with van der Waals surface area (Å²) in [6.45, 7) is 0.123. The molecule has 7 nitrogen and oxygen atoms in total. The van der Waals surface area contributed by atoms with Crippen molar-refractivity contribution in [1.82, 2.24) is 14.5 Å². The summed E-state index contributed by atoms with van der Waals surface area (Å²) in [5.41, 5.74) is 0.412. The number of nitrogens with zero attached hydrogens (tertiary/aromatic N) is 2. The molecule has 0 saturated carbocycles. The SMILES string of the molecule is O=C(CCn1c(=S)[nH]c2ccccc2c1=O)Nc1ncccc1O. The van der Waals surface area contributed by atoms with E-state index < -0.39 is 0 Å². The van der Waals surface area contributed by atoms with E-state index >= 15 is 0 Å². The van der Waals surface area contributed by atoms with Gasteiger partial charge in [-0.1, -0.05) is 12.1 Å². The molecular weight excluding hydrogens is 328 g/mol. The lowest BCUT2D eigenvalue weighted by molar-refractivity contribution is -0.116. The van der Waals surface area contributed by atoms with Crippen LogP contribution in [-0.4, -0.2) is 25.5 Å². The topological polar surface area (TPSA) is 100 Å². The number of fused-ring (bicyclic) bond motifs is 1. The van der Waals surface area contributed by atoms with Gasteiger partial charge < -0.3 is 15.4 Å². The molecule has 0 saturated heterocycles. The Morgan fingerprint density at radius 2 is 2.08 bits per heavy atom. The maximum Gasteiger partial charge on any atom is 0.262 e. The molecular formula is C16H14N4O3S. The highest BCUT2D eigenvalue weighted by Gasteiger charge is 2.10. The van der Waals surface area contributed by atoms with E-state index in [0.717, 1.165) is 0 Å². The number of H-pyrrole nitrogens is 1. The fraction of sp³-hybridized carbons (Fsp3) is 0.125. The molecule has 122 valence electrons. The predicted octanol–water partition coefficient (Wildman–Crippen LogP) is 2.19. The molecule has 0 spiro atoms. The van der Waals surface area contributed by atoms with Crippen molar-refractivity contribution in [3.63, 3.8) is 0 Å². The monoisotopic (exact) mass is 342 g/mol. The van der Waals surface area contributed by atoms with Crippen LogP contribution in [0.4, 0.5) is 5.82 Å². The summed E-state index contributed by atoms with van der Waals surface area (Å²) < 4.78 is 1.60. The molecule has 3 N–H and O–H groups in total. The van der Waals surface area contributed by atoms with Crippen molar-refractivity contribution in [3.8, 4) is 5.75 Å². The molecule has 2 aromatic heterocycles. The number of para-hydroxylation sites is 1. The molecule has 3 aromatic rings. The Bertz CT molecular complexity index is 1030. The Hall–Kier alpha value is -3.00. The van der Waals surface area contributed by atoms with E-state index in [0.29, 0.717) is 10.9 Å². The number of pyridine rings is 1. The third-order valence-electron chi connectivity index (χ3n) is 3.50. The van der Waals surface area contributed by atoms with Gasteiger partial charge in [-0.15, -0.1) is 0 Å². The number of rotatable bonds is 4. The highest BCUT2D eigenvalue weighted by atomic mass is 32.1. The fourth-order valence-electron chi connectivity index (χ4n) is 2.30. The molecule has 0 bridgehead atoms. The van der Waals surface area contributed by atoms with Crippen LogP contribution in [0.3, 0.4) is 0 Å². The second kappa shape index (κ2) is 6.63. The highest BCUT2D eigenvalue weighted by Crippen LogP contribution is 2.18. The fourth-order valence-corrected chi connectivity index (χ4v) is 2.59. The zero-order chi connectivity index (χ0) is 17.1. The van der Waals surface area contributed by atoms with E-state index in [1.54, 1.807) is 24.3 Å². The van der Waals surface area contributed by atoms with Gasteiger partial charge in [0.25, 0.3) is 5.56 Å². The maximum atomic E-state index is 12.5. The van der Waals surface area contributed by atoms with Gasteiger partial charge in [0.05, 0.1) is 10.9 Å². The zero-order valence-electron chi connectivity index (χ0n) is 12.5. The van der Waals surface area contributed by atoms with Crippen LogP contribution in [0.25, 0.3) is 10.9 Å². The lowest BCUT2D eigenvalue weighted by Gasteiger charge is -2.09. The Kier molecular flexibility index (Phi) is 4.39. The van der Waals surface area contributed by atoms with E-state index in [9.17, 15) is 14.7 Å². The molecule has 1 aromatic carbocycles. The lowest BCUT2D eigenvalue weighted by Crippen LogP contribution is -2.25. The highest BCUT2D eigenvalue weighted by molar-refractivity contribution is 7.71. The van der Waals surface area contributed by atoms with Gasteiger partial charge in [0.2, 0.25) is 5.91 Å². The first-order valence-electron chi connectivity index (χ1n) is 7.22. The minimum atomic E-state index is -0.376. The number of aromatic nitrogens is 3. The summed E-state index contributed by atoms with van der Waals surface area (Å²) >= 11 is 5.19. The third-order valence-corrected chi connectivity index (χ3v) is 3.82. The number of aromatic amines is 1. The number of carbonyl (C=O) groups is 1. The first-order valence-corrected chi connectivity index (χ1v) is 7.63. The summed E-state index contributed by atoms with van der Waals surface area (Å²) in [6.07, 6.45) is 1.48. The van der Waals surface area contributed by atoms with Crippen LogP contribution in [0, 0.1) is 4.77 Å². The van der Waals surface area contributed by atoms with E-state index in [4.69, 9.17) is 12.2 Å². The molecule has 1 amide bonds. The van der Waals surface area contributed by atoms with Crippen LogP contribution in [0.15, 0.2) is 47.4 Å². The van der Waals surface area contributed by atoms with Crippen molar-refractivity contribution in [1.29, 1.82) is 0 Å². The van der Waals surface area contributed by atoms with Gasteiger partial charge in [-0.2, -0.15) is 0 Å². The van der Waals surface area contributed by atoms with Crippen molar-refractivity contribution < 1.29 is 9.90 Å². The number of hydrogen-bond acceptors (Lipinski definition) is 5. The molecule has 0 fully saturated rings. The number of carbonyl (C=O) groups excluding carboxylic acids is 1. The Labute approximate surface area is 141 Å². The van der Waals surface area contributed by atoms with Crippen molar-refractivity contribution in [3.05, 3.63) is 57.7 Å². The van der Waals surface area contributed by atoms with Crippen LogP contribution in [-0.2, 0) is 11.3 Å². The number of anilines is 1. The normalized spacial score (nSPS) is 10.7. The second-order valence-electron chi connectivity index (χ2n) is 5.10. The van der Waals surface area contributed by atoms with Gasteiger partial charge in [-0.25, -0.2) is 4.98 Å². The Morgan fingerprint density at radius 3 is 2.88 bits per heavy atom. The smallest absolute Gasteiger partial charge is 0.262 e. The maximum absolute atomic E-state index is 12.5. The average Bonchev–Trinajstić information content (AvgIpc) is 2.57. The van der Waals surface area contributed by atoms with Crippen LogP contribution in [0.5, 0.6) is 5.75 Å². The van der Waals surface area contributed by atoms with E-state index in [2.05, 4.69) is 15.3 Å². The standard InChI is InChI=1S/C16H14N4O3S/c21-12-6-3-8-17-14(12)19-13(22)7-9-20-15(23)10-4-1-2-5-11(10)18-16(20)24/h1-6,8,21H,7,9H2,(H,18,24)(H,17,19,22). The summed E-state index contributed by atoms with van der Waals surface area (Å²) in [6, 6.07) is 10.0. The Morgan fingerprint density at radius 1 is 1.29 bits per heavy atom. The van der Waals surface area contributed by atoms with Crippen LogP contribution >= 0.6 is 12.2 Å². The molecule has 0 atom stereocenters. The molecule has 0 aliphatic heterocycles. The Balaban J connectivity index is 1.79. The molecule has 0 aliphatic carbocycles. The molecule has 8 heteroatoms. The van der Waals surface area contributed by atoms with Gasteiger partial charge in [-0.3, -0.25) is 14.2 Å². The summed E-state index contributed by atoms with van der Waals surface area (Å²) in [7, 11) is 0. The molecule has 3 rings (SSSR count). The number of aromatic hydroxyl groups is 1. The third kappa shape index (κ3) is 3.18. The van der Waals surface area contributed by atoms with Crippen LogP contribution < -0.4 is 10.9 Å².